The van der Waals surface area contributed by atoms with Crippen molar-refractivity contribution in [3.05, 3.63) is 28.2 Å². The molecule has 1 amide bonds. The molecule has 1 aliphatic carbocycles. The zero-order valence-corrected chi connectivity index (χ0v) is 11.5. The largest absolute Gasteiger partial charge is 0.390 e. The number of rotatable bonds is 2. The van der Waals surface area contributed by atoms with E-state index >= 15 is 0 Å². The van der Waals surface area contributed by atoms with E-state index in [1.165, 1.54) is 4.90 Å². The molecule has 1 aromatic carbocycles. The van der Waals surface area contributed by atoms with E-state index in [-0.39, 0.29) is 12.5 Å². The Kier molecular flexibility index (Phi) is 2.71. The lowest BCUT2D eigenvalue weighted by molar-refractivity contribution is -0.133. The van der Waals surface area contributed by atoms with Crippen molar-refractivity contribution in [2.45, 2.75) is 30.9 Å². The zero-order chi connectivity index (χ0) is 13.8. The maximum absolute atomic E-state index is 12.4. The third-order valence-corrected chi connectivity index (χ3v) is 4.28. The lowest BCUT2D eigenvalue weighted by Crippen LogP contribution is -2.34. The molecule has 0 unspecified atom stereocenters. The first kappa shape index (κ1) is 13.0. The number of carbonyl (C=O) groups excluding carboxylic acids is 1. The van der Waals surface area contributed by atoms with Crippen LogP contribution in [0.15, 0.2) is 22.7 Å². The van der Waals surface area contributed by atoms with Crippen LogP contribution in [0.5, 0.6) is 0 Å². The van der Waals surface area contributed by atoms with E-state index in [1.807, 2.05) is 12.1 Å². The van der Waals surface area contributed by atoms with Crippen LogP contribution in [0.3, 0.4) is 0 Å². The number of anilines is 1. The standard InChI is InChI=1S/C13H11BrF3NO/c14-8-1-2-9-10(7-8)18(6-5-13(15,16)17)11(19)12(9)3-4-12/h1-2,7H,3-6H2. The van der Waals surface area contributed by atoms with Crippen molar-refractivity contribution in [2.75, 3.05) is 11.4 Å². The van der Waals surface area contributed by atoms with Gasteiger partial charge in [0.1, 0.15) is 0 Å². The number of benzene rings is 1. The van der Waals surface area contributed by atoms with Gasteiger partial charge in [0.25, 0.3) is 0 Å². The Morgan fingerprint density at radius 3 is 2.58 bits per heavy atom. The van der Waals surface area contributed by atoms with Crippen molar-refractivity contribution < 1.29 is 18.0 Å². The number of hydrogen-bond donors (Lipinski definition) is 0. The third-order valence-electron chi connectivity index (χ3n) is 3.79. The van der Waals surface area contributed by atoms with Gasteiger partial charge in [-0.25, -0.2) is 0 Å². The summed E-state index contributed by atoms with van der Waals surface area (Å²) in [6.07, 6.45) is -3.74. The Morgan fingerprint density at radius 1 is 1.32 bits per heavy atom. The molecular formula is C13H11BrF3NO. The van der Waals surface area contributed by atoms with Gasteiger partial charge in [0.2, 0.25) is 5.91 Å². The first-order chi connectivity index (χ1) is 8.83. The maximum atomic E-state index is 12.4. The maximum Gasteiger partial charge on any atom is 0.390 e. The minimum atomic E-state index is -4.24. The minimum Gasteiger partial charge on any atom is -0.311 e. The molecule has 1 saturated carbocycles. The number of amides is 1. The van der Waals surface area contributed by atoms with Crippen molar-refractivity contribution in [3.8, 4) is 0 Å². The van der Waals surface area contributed by atoms with Crippen LogP contribution >= 0.6 is 15.9 Å². The predicted octanol–water partition coefficient (Wildman–Crippen LogP) is 3.78. The topological polar surface area (TPSA) is 20.3 Å². The van der Waals surface area contributed by atoms with Crippen LogP contribution in [-0.4, -0.2) is 18.6 Å². The van der Waals surface area contributed by atoms with E-state index in [0.717, 1.165) is 22.9 Å². The summed E-state index contributed by atoms with van der Waals surface area (Å²) < 4.78 is 37.8. The molecule has 2 aliphatic rings. The van der Waals surface area contributed by atoms with Gasteiger partial charge in [-0.1, -0.05) is 22.0 Å². The molecule has 0 radical (unpaired) electrons. The molecule has 3 rings (SSSR count). The monoisotopic (exact) mass is 333 g/mol. The molecule has 1 aliphatic heterocycles. The molecular weight excluding hydrogens is 323 g/mol. The first-order valence-corrected chi connectivity index (χ1v) is 6.82. The van der Waals surface area contributed by atoms with Crippen LogP contribution in [0.1, 0.15) is 24.8 Å². The quantitative estimate of drug-likeness (QED) is 0.806. The minimum absolute atomic E-state index is 0.176. The van der Waals surface area contributed by atoms with Crippen molar-refractivity contribution in [1.29, 1.82) is 0 Å². The molecule has 0 bridgehead atoms. The summed E-state index contributed by atoms with van der Waals surface area (Å²) in [5.41, 5.74) is 0.978. The van der Waals surface area contributed by atoms with Gasteiger partial charge in [0, 0.05) is 16.7 Å². The van der Waals surface area contributed by atoms with E-state index in [2.05, 4.69) is 15.9 Å². The van der Waals surface area contributed by atoms with Gasteiger partial charge in [0.05, 0.1) is 11.8 Å². The van der Waals surface area contributed by atoms with Gasteiger partial charge < -0.3 is 4.90 Å². The molecule has 1 fully saturated rings. The Labute approximate surface area is 116 Å². The summed E-state index contributed by atoms with van der Waals surface area (Å²) in [5, 5.41) is 0. The van der Waals surface area contributed by atoms with Crippen molar-refractivity contribution in [2.24, 2.45) is 0 Å². The highest BCUT2D eigenvalue weighted by Crippen LogP contribution is 2.57. The van der Waals surface area contributed by atoms with Crippen LogP contribution in [0.25, 0.3) is 0 Å². The van der Waals surface area contributed by atoms with Crippen LogP contribution in [0.2, 0.25) is 0 Å². The van der Waals surface area contributed by atoms with Crippen molar-refractivity contribution in [3.63, 3.8) is 0 Å². The normalized spacial score (nSPS) is 20.0. The van der Waals surface area contributed by atoms with E-state index in [4.69, 9.17) is 0 Å². The van der Waals surface area contributed by atoms with E-state index in [0.29, 0.717) is 5.69 Å². The SMILES string of the molecule is O=C1N(CCC(F)(F)F)c2cc(Br)ccc2C12CC2. The highest BCUT2D eigenvalue weighted by Gasteiger charge is 2.59. The molecule has 6 heteroatoms. The van der Waals surface area contributed by atoms with E-state index in [1.54, 1.807) is 6.07 Å². The summed E-state index contributed by atoms with van der Waals surface area (Å²) in [5.74, 6) is -0.176. The molecule has 0 saturated heterocycles. The van der Waals surface area contributed by atoms with Gasteiger partial charge in [-0.05, 0) is 30.5 Å². The molecule has 2 nitrogen and oxygen atoms in total. The molecule has 1 spiro atoms. The number of fused-ring (bicyclic) bond motifs is 2. The number of nitrogens with zero attached hydrogens (tertiary/aromatic N) is 1. The smallest absolute Gasteiger partial charge is 0.311 e. The van der Waals surface area contributed by atoms with E-state index < -0.39 is 18.0 Å². The first-order valence-electron chi connectivity index (χ1n) is 6.02. The fourth-order valence-electron chi connectivity index (χ4n) is 2.68. The second-order valence-electron chi connectivity index (χ2n) is 5.07. The molecule has 0 atom stereocenters. The number of hydrogen-bond acceptors (Lipinski definition) is 1. The average Bonchev–Trinajstić information content (AvgIpc) is 3.04. The second kappa shape index (κ2) is 3.98. The van der Waals surface area contributed by atoms with Gasteiger partial charge in [0.15, 0.2) is 0 Å². The van der Waals surface area contributed by atoms with Crippen molar-refractivity contribution >= 4 is 27.5 Å². The van der Waals surface area contributed by atoms with Crippen molar-refractivity contribution in [1.82, 2.24) is 0 Å². The highest BCUT2D eigenvalue weighted by atomic mass is 79.9. The summed E-state index contributed by atoms with van der Waals surface area (Å²) in [7, 11) is 0. The Morgan fingerprint density at radius 2 is 2.00 bits per heavy atom. The summed E-state index contributed by atoms with van der Waals surface area (Å²) in [4.78, 5) is 13.6. The second-order valence-corrected chi connectivity index (χ2v) is 5.98. The lowest BCUT2D eigenvalue weighted by Gasteiger charge is -2.19. The van der Waals surface area contributed by atoms with Crippen LogP contribution < -0.4 is 4.90 Å². The number of alkyl halides is 3. The average molecular weight is 334 g/mol. The summed E-state index contributed by atoms with van der Waals surface area (Å²) in [6, 6.07) is 5.41. The highest BCUT2D eigenvalue weighted by molar-refractivity contribution is 9.10. The molecule has 0 aromatic heterocycles. The third kappa shape index (κ3) is 2.06. The number of halogens is 4. The Balaban J connectivity index is 1.94. The van der Waals surface area contributed by atoms with Crippen LogP contribution in [0.4, 0.5) is 18.9 Å². The predicted molar refractivity (Wildman–Crippen MR) is 68.1 cm³/mol. The molecule has 1 aromatic rings. The Hall–Kier alpha value is -1.04. The van der Waals surface area contributed by atoms with Crippen LogP contribution in [0, 0.1) is 0 Å². The Bertz CT molecular complexity index is 551. The van der Waals surface area contributed by atoms with E-state index in [9.17, 15) is 18.0 Å². The van der Waals surface area contributed by atoms with Gasteiger partial charge in [-0.3, -0.25) is 4.79 Å². The zero-order valence-electron chi connectivity index (χ0n) is 9.93. The summed E-state index contributed by atoms with van der Waals surface area (Å²) in [6.45, 7) is -0.298. The fourth-order valence-corrected chi connectivity index (χ4v) is 3.03. The molecule has 19 heavy (non-hydrogen) atoms. The molecule has 0 N–H and O–H groups in total. The van der Waals surface area contributed by atoms with Gasteiger partial charge >= 0.3 is 6.18 Å². The fraction of sp³-hybridized carbons (Fsp3) is 0.462. The van der Waals surface area contributed by atoms with Crippen LogP contribution in [-0.2, 0) is 10.2 Å². The molecule has 102 valence electrons. The van der Waals surface area contributed by atoms with Gasteiger partial charge in [-0.2, -0.15) is 13.2 Å². The number of carbonyl (C=O) groups is 1. The van der Waals surface area contributed by atoms with Gasteiger partial charge in [-0.15, -0.1) is 0 Å². The lowest BCUT2D eigenvalue weighted by atomic mass is 9.98. The summed E-state index contributed by atoms with van der Waals surface area (Å²) >= 11 is 3.30. The molecule has 1 heterocycles.